The Labute approximate surface area is 194 Å². The lowest BCUT2D eigenvalue weighted by Gasteiger charge is -2.36. The highest BCUT2D eigenvalue weighted by Gasteiger charge is 2.31. The Kier molecular flexibility index (Phi) is 7.87. The molecule has 11 heteroatoms. The van der Waals surface area contributed by atoms with Gasteiger partial charge in [-0.2, -0.15) is 13.2 Å². The summed E-state index contributed by atoms with van der Waals surface area (Å²) in [5.74, 6) is 0.0802. The zero-order chi connectivity index (χ0) is 24.9. The van der Waals surface area contributed by atoms with Gasteiger partial charge in [0.15, 0.2) is 5.82 Å². The van der Waals surface area contributed by atoms with E-state index in [0.717, 1.165) is 32.0 Å². The predicted molar refractivity (Wildman–Crippen MR) is 121 cm³/mol. The third-order valence-corrected chi connectivity index (χ3v) is 5.69. The van der Waals surface area contributed by atoms with Gasteiger partial charge in [0.05, 0.1) is 5.56 Å². The van der Waals surface area contributed by atoms with Crippen LogP contribution in [0.1, 0.15) is 32.3 Å². The number of rotatable bonds is 4. The number of phenolic OH excluding ortho intramolecular Hbond substituents is 1. The molecule has 0 radical (unpaired) electrons. The Morgan fingerprint density at radius 3 is 2.59 bits per heavy atom. The molecule has 0 aliphatic carbocycles. The first-order valence-corrected chi connectivity index (χ1v) is 10.7. The van der Waals surface area contributed by atoms with E-state index in [1.807, 2.05) is 0 Å². The third-order valence-electron chi connectivity index (χ3n) is 5.69. The molecule has 4 rings (SSSR count). The number of aromatic nitrogens is 3. The van der Waals surface area contributed by atoms with Crippen molar-refractivity contribution < 1.29 is 28.2 Å². The van der Waals surface area contributed by atoms with Crippen LogP contribution in [0.25, 0.3) is 22.0 Å². The van der Waals surface area contributed by atoms with Gasteiger partial charge < -0.3 is 15.5 Å². The number of halogens is 3. The van der Waals surface area contributed by atoms with E-state index in [-0.39, 0.29) is 18.1 Å². The molecule has 0 bridgehead atoms. The van der Waals surface area contributed by atoms with Crippen LogP contribution >= 0.6 is 0 Å². The average molecular weight is 477 g/mol. The number of benzene rings is 1. The number of nitrogens with zero attached hydrogens (tertiary/aromatic N) is 4. The molecule has 34 heavy (non-hydrogen) atoms. The molecule has 3 N–H and O–H groups in total. The highest BCUT2D eigenvalue weighted by atomic mass is 19.4. The molecule has 1 atom stereocenters. The first kappa shape index (κ1) is 25.2. The largest absolute Gasteiger partial charge is 0.507 e. The fourth-order valence-electron chi connectivity index (χ4n) is 4.00. The van der Waals surface area contributed by atoms with E-state index >= 15 is 0 Å². The molecule has 0 saturated carbocycles. The fourth-order valence-corrected chi connectivity index (χ4v) is 4.00. The second-order valence-corrected chi connectivity index (χ2v) is 8.23. The van der Waals surface area contributed by atoms with E-state index in [1.54, 1.807) is 18.5 Å². The topological polar surface area (TPSA) is 111 Å². The highest BCUT2D eigenvalue weighted by Crippen LogP contribution is 2.38. The van der Waals surface area contributed by atoms with Gasteiger partial charge in [-0.3, -0.25) is 14.7 Å². The molecule has 3 heterocycles. The standard InChI is InChI=1S/C22H24F3N5O.CH2O2/c1-13(2)30-9-3-4-15(12-30)27-21-18-11-26-8-7-16(18)20(28-29-21)17-6-5-14(10-19(17)31)22(23,24)25;2-1-3/h5-8,10-11,13,15,31H,3-4,9,12H2,1-2H3,(H,27,29);1H,(H,2,3)/t15-;/m1./s1. The number of likely N-dealkylation sites (tertiary alicyclic amines) is 1. The summed E-state index contributed by atoms with van der Waals surface area (Å²) >= 11 is 0. The van der Waals surface area contributed by atoms with Gasteiger partial charge in [0.1, 0.15) is 11.4 Å². The van der Waals surface area contributed by atoms with Crippen molar-refractivity contribution in [1.82, 2.24) is 20.1 Å². The Hall–Kier alpha value is -3.47. The van der Waals surface area contributed by atoms with Crippen molar-refractivity contribution in [3.05, 3.63) is 42.2 Å². The Bertz CT molecular complexity index is 1140. The Morgan fingerprint density at radius 1 is 1.21 bits per heavy atom. The zero-order valence-corrected chi connectivity index (χ0v) is 18.8. The Balaban J connectivity index is 0.00000103. The molecule has 182 valence electrons. The number of aromatic hydroxyl groups is 1. The quantitative estimate of drug-likeness (QED) is 0.474. The van der Waals surface area contributed by atoms with Crippen molar-refractivity contribution in [3.63, 3.8) is 0 Å². The van der Waals surface area contributed by atoms with E-state index < -0.39 is 17.5 Å². The number of nitrogens with one attached hydrogen (secondary N) is 1. The van der Waals surface area contributed by atoms with E-state index in [9.17, 15) is 18.3 Å². The van der Waals surface area contributed by atoms with Crippen molar-refractivity contribution in [1.29, 1.82) is 0 Å². The van der Waals surface area contributed by atoms with Crippen LogP contribution in [0, 0.1) is 0 Å². The summed E-state index contributed by atoms with van der Waals surface area (Å²) in [4.78, 5) is 15.0. The molecule has 1 aliphatic rings. The van der Waals surface area contributed by atoms with Gasteiger partial charge in [-0.15, -0.1) is 10.2 Å². The number of anilines is 1. The van der Waals surface area contributed by atoms with Crippen LogP contribution in [0.15, 0.2) is 36.7 Å². The molecule has 3 aromatic rings. The second-order valence-electron chi connectivity index (χ2n) is 8.23. The lowest BCUT2D eigenvalue weighted by atomic mass is 10.0. The number of alkyl halides is 3. The first-order valence-electron chi connectivity index (χ1n) is 10.7. The highest BCUT2D eigenvalue weighted by molar-refractivity contribution is 6.00. The minimum absolute atomic E-state index is 0.187. The SMILES string of the molecule is CC(C)N1CCC[C@@H](Nc2nnc(-c3ccc(C(F)(F)F)cc3O)c3ccncc23)C1.O=CO. The van der Waals surface area contributed by atoms with Crippen LogP contribution in [0.3, 0.4) is 0 Å². The lowest BCUT2D eigenvalue weighted by Crippen LogP contribution is -2.45. The number of piperidine rings is 1. The van der Waals surface area contributed by atoms with Gasteiger partial charge >= 0.3 is 6.18 Å². The smallest absolute Gasteiger partial charge is 0.416 e. The lowest BCUT2D eigenvalue weighted by molar-refractivity contribution is -0.137. The maximum atomic E-state index is 12.9. The number of carbonyl (C=O) groups is 1. The van der Waals surface area contributed by atoms with Gasteiger partial charge in [-0.25, -0.2) is 0 Å². The Morgan fingerprint density at radius 2 is 1.94 bits per heavy atom. The van der Waals surface area contributed by atoms with Crippen LogP contribution in [-0.4, -0.2) is 61.9 Å². The molecule has 0 spiro atoms. The molecule has 1 fully saturated rings. The number of pyridine rings is 1. The summed E-state index contributed by atoms with van der Waals surface area (Å²) in [5.41, 5.74) is -0.425. The van der Waals surface area contributed by atoms with Crippen molar-refractivity contribution in [2.75, 3.05) is 18.4 Å². The van der Waals surface area contributed by atoms with Crippen molar-refractivity contribution >= 4 is 23.1 Å². The average Bonchev–Trinajstić information content (AvgIpc) is 2.80. The predicted octanol–water partition coefficient (Wildman–Crippen LogP) is 4.40. The molecule has 1 aromatic carbocycles. The van der Waals surface area contributed by atoms with E-state index in [1.165, 1.54) is 6.07 Å². The van der Waals surface area contributed by atoms with Gasteiger partial charge in [0.2, 0.25) is 0 Å². The molecule has 1 aliphatic heterocycles. The molecule has 1 saturated heterocycles. The fraction of sp³-hybridized carbons (Fsp3) is 0.391. The van der Waals surface area contributed by atoms with E-state index in [0.29, 0.717) is 34.4 Å². The van der Waals surface area contributed by atoms with E-state index in [2.05, 4.69) is 39.2 Å². The van der Waals surface area contributed by atoms with Crippen molar-refractivity contribution in [2.24, 2.45) is 0 Å². The number of fused-ring (bicyclic) bond motifs is 1. The molecule has 0 amide bonds. The number of phenols is 1. The third kappa shape index (κ3) is 5.71. The summed E-state index contributed by atoms with van der Waals surface area (Å²) in [5, 5.41) is 30.5. The first-order chi connectivity index (χ1) is 16.2. The van der Waals surface area contributed by atoms with Gasteiger partial charge in [0.25, 0.3) is 6.47 Å². The van der Waals surface area contributed by atoms with Crippen LogP contribution in [0.2, 0.25) is 0 Å². The number of hydrogen-bond donors (Lipinski definition) is 3. The summed E-state index contributed by atoms with van der Waals surface area (Å²) in [7, 11) is 0. The minimum atomic E-state index is -4.54. The number of hydrogen-bond acceptors (Lipinski definition) is 7. The summed E-state index contributed by atoms with van der Waals surface area (Å²) in [6, 6.07) is 5.25. The molecule has 8 nitrogen and oxygen atoms in total. The van der Waals surface area contributed by atoms with Crippen LogP contribution in [0.5, 0.6) is 5.75 Å². The monoisotopic (exact) mass is 477 g/mol. The summed E-state index contributed by atoms with van der Waals surface area (Å²) in [6.07, 6.45) is 0.788. The summed E-state index contributed by atoms with van der Waals surface area (Å²) in [6.45, 7) is 6.05. The van der Waals surface area contributed by atoms with Gasteiger partial charge in [-0.1, -0.05) is 0 Å². The van der Waals surface area contributed by atoms with Crippen molar-refractivity contribution in [3.8, 4) is 17.0 Å². The maximum absolute atomic E-state index is 12.9. The van der Waals surface area contributed by atoms with Crippen molar-refractivity contribution in [2.45, 2.75) is 44.9 Å². The van der Waals surface area contributed by atoms with Crippen LogP contribution < -0.4 is 5.32 Å². The molecule has 0 unspecified atom stereocenters. The minimum Gasteiger partial charge on any atom is -0.507 e. The second kappa shape index (κ2) is 10.6. The van der Waals surface area contributed by atoms with E-state index in [4.69, 9.17) is 9.90 Å². The summed E-state index contributed by atoms with van der Waals surface area (Å²) < 4.78 is 38.8. The van der Waals surface area contributed by atoms with Gasteiger partial charge in [0, 0.05) is 47.4 Å². The van der Waals surface area contributed by atoms with Crippen LogP contribution in [0.4, 0.5) is 19.0 Å². The van der Waals surface area contributed by atoms with Gasteiger partial charge in [-0.05, 0) is 57.5 Å². The van der Waals surface area contributed by atoms with Crippen LogP contribution in [-0.2, 0) is 11.0 Å². The normalized spacial score (nSPS) is 16.7. The maximum Gasteiger partial charge on any atom is 0.416 e. The molecular weight excluding hydrogens is 451 g/mol. The zero-order valence-electron chi connectivity index (χ0n) is 18.8. The molecule has 2 aromatic heterocycles. The molecular formula is C23H26F3N5O3. The number of carboxylic acid groups (broad SMARTS) is 1.